The van der Waals surface area contributed by atoms with Gasteiger partial charge in [0.2, 0.25) is 0 Å². The van der Waals surface area contributed by atoms with Gasteiger partial charge in [0.15, 0.2) is 0 Å². The highest BCUT2D eigenvalue weighted by molar-refractivity contribution is 4.52. The zero-order chi connectivity index (χ0) is 34.5. The summed E-state index contributed by atoms with van der Waals surface area (Å²) in [4.78, 5) is 0. The van der Waals surface area contributed by atoms with E-state index in [1.165, 1.54) is 231 Å². The van der Waals surface area contributed by atoms with E-state index in [0.717, 1.165) is 8.97 Å². The highest BCUT2D eigenvalue weighted by atomic mass is 35.5. The maximum absolute atomic E-state index is 2.30. The molecule has 48 heavy (non-hydrogen) atoms. The van der Waals surface area contributed by atoms with Crippen LogP contribution in [-0.2, 0) is 0 Å². The first-order valence-corrected chi connectivity index (χ1v) is 21.7. The Bertz CT molecular complexity index is 541. The minimum Gasteiger partial charge on any atom is -1.00 e. The average Bonchev–Trinajstić information content (AvgIpc) is 2.99. The Morgan fingerprint density at radius 1 is 0.208 bits per heavy atom. The van der Waals surface area contributed by atoms with Gasteiger partial charge in [0.25, 0.3) is 0 Å². The van der Waals surface area contributed by atoms with E-state index in [1.54, 1.807) is 0 Å². The van der Waals surface area contributed by atoms with Gasteiger partial charge in [-0.05, 0) is 25.7 Å². The second-order valence-electron chi connectivity index (χ2n) is 17.3. The molecule has 296 valence electrons. The summed E-state index contributed by atoms with van der Waals surface area (Å²) in [6.07, 6.45) is 49.7. The molecule has 0 aromatic heterocycles. The highest BCUT2D eigenvalue weighted by Crippen LogP contribution is 2.16. The maximum atomic E-state index is 2.30. The van der Waals surface area contributed by atoms with Crippen molar-refractivity contribution in [2.24, 2.45) is 0 Å². The van der Waals surface area contributed by atoms with Crippen molar-refractivity contribution < 1.29 is 33.8 Å². The standard InChI is InChI=1S/C25H54N.C19H42N.2ClH/c1-5-6-7-8-9-10-11-12-13-14-15-16-17-18-19-20-21-22-23-24-25-26(2,3)4;1-5-6-7-8-9-10-11-12-13-14-15-16-17-18-19-20(2,3)4;;/h5-25H2,1-4H3;5-19H2,1-4H3;2*1H/q2*+1;;/p-2. The number of rotatable bonds is 36. The predicted molar refractivity (Wildman–Crippen MR) is 214 cm³/mol. The van der Waals surface area contributed by atoms with Gasteiger partial charge in [-0.25, -0.2) is 0 Å². The van der Waals surface area contributed by atoms with E-state index in [-0.39, 0.29) is 24.8 Å². The Balaban J connectivity index is -0.000000399. The minimum absolute atomic E-state index is 0. The molecule has 0 N–H and O–H groups in total. The van der Waals surface area contributed by atoms with Crippen LogP contribution < -0.4 is 24.8 Å². The molecule has 0 aromatic rings. The zero-order valence-electron chi connectivity index (χ0n) is 35.1. The molecule has 0 aliphatic carbocycles. The molecule has 0 atom stereocenters. The van der Waals surface area contributed by atoms with Crippen molar-refractivity contribution in [1.82, 2.24) is 0 Å². The third kappa shape index (κ3) is 58.7. The maximum Gasteiger partial charge on any atom is 0.0780 e. The fourth-order valence-corrected chi connectivity index (χ4v) is 6.62. The SMILES string of the molecule is CCCCCCCCCCCCCCCCCCCCCC[N+](C)(C)C.CCCCCCCCCCCCCCCC[N+](C)(C)C.[Cl-].[Cl-]. The molecule has 0 heterocycles. The second-order valence-corrected chi connectivity index (χ2v) is 17.3. The fraction of sp³-hybridized carbons (Fsp3) is 1.00. The van der Waals surface area contributed by atoms with Crippen LogP contribution in [0.4, 0.5) is 0 Å². The van der Waals surface area contributed by atoms with Gasteiger partial charge < -0.3 is 33.8 Å². The van der Waals surface area contributed by atoms with Crippen molar-refractivity contribution in [2.45, 2.75) is 232 Å². The number of hydrogen-bond donors (Lipinski definition) is 0. The van der Waals surface area contributed by atoms with Crippen molar-refractivity contribution >= 4 is 0 Å². The van der Waals surface area contributed by atoms with E-state index < -0.39 is 0 Å². The summed E-state index contributed by atoms with van der Waals surface area (Å²) in [5.41, 5.74) is 0. The molecule has 0 radical (unpaired) electrons. The summed E-state index contributed by atoms with van der Waals surface area (Å²) in [7, 11) is 13.8. The highest BCUT2D eigenvalue weighted by Gasteiger charge is 2.06. The third-order valence-corrected chi connectivity index (χ3v) is 9.86. The molecule has 2 nitrogen and oxygen atoms in total. The summed E-state index contributed by atoms with van der Waals surface area (Å²) >= 11 is 0. The lowest BCUT2D eigenvalue weighted by Gasteiger charge is -2.23. The summed E-state index contributed by atoms with van der Waals surface area (Å²) in [6, 6.07) is 0. The van der Waals surface area contributed by atoms with Gasteiger partial charge >= 0.3 is 0 Å². The Labute approximate surface area is 320 Å². The van der Waals surface area contributed by atoms with E-state index in [9.17, 15) is 0 Å². The molecule has 0 aliphatic heterocycles. The van der Waals surface area contributed by atoms with E-state index in [4.69, 9.17) is 0 Å². The normalized spacial score (nSPS) is 11.5. The van der Waals surface area contributed by atoms with Gasteiger partial charge in [-0.1, -0.05) is 206 Å². The quantitative estimate of drug-likeness (QED) is 0.0449. The first-order valence-electron chi connectivity index (χ1n) is 21.7. The Kier molecular flexibility index (Phi) is 50.3. The summed E-state index contributed by atoms with van der Waals surface area (Å²) in [5.74, 6) is 0. The molecule has 0 aliphatic rings. The molecule has 0 aromatic carbocycles. The van der Waals surface area contributed by atoms with Crippen molar-refractivity contribution in [3.05, 3.63) is 0 Å². The smallest absolute Gasteiger partial charge is 0.0780 e. The van der Waals surface area contributed by atoms with Crippen LogP contribution in [0.1, 0.15) is 232 Å². The van der Waals surface area contributed by atoms with Crippen LogP contribution in [0.3, 0.4) is 0 Å². The Hall–Kier alpha value is 0.500. The largest absolute Gasteiger partial charge is 1.00 e. The van der Waals surface area contributed by atoms with E-state index in [2.05, 4.69) is 56.1 Å². The van der Waals surface area contributed by atoms with Gasteiger partial charge in [0.1, 0.15) is 0 Å². The van der Waals surface area contributed by atoms with Crippen molar-refractivity contribution in [1.29, 1.82) is 0 Å². The van der Waals surface area contributed by atoms with Gasteiger partial charge in [-0.2, -0.15) is 0 Å². The molecule has 0 unspecified atom stereocenters. The van der Waals surface area contributed by atoms with Crippen molar-refractivity contribution in [3.8, 4) is 0 Å². The van der Waals surface area contributed by atoms with Crippen LogP contribution in [0.5, 0.6) is 0 Å². The second kappa shape index (κ2) is 43.7. The van der Waals surface area contributed by atoms with Gasteiger partial charge in [-0.3, -0.25) is 0 Å². The van der Waals surface area contributed by atoms with Crippen molar-refractivity contribution in [3.63, 3.8) is 0 Å². The van der Waals surface area contributed by atoms with Crippen LogP contribution in [0.25, 0.3) is 0 Å². The molecule has 0 amide bonds. The van der Waals surface area contributed by atoms with E-state index in [0.29, 0.717) is 0 Å². The molecule has 4 heteroatoms. The zero-order valence-corrected chi connectivity index (χ0v) is 36.6. The first-order chi connectivity index (χ1) is 22.1. The van der Waals surface area contributed by atoms with Crippen LogP contribution in [-0.4, -0.2) is 64.3 Å². The molecular formula is C44H96Cl2N2. The molecule has 0 rings (SSSR count). The van der Waals surface area contributed by atoms with Crippen LogP contribution in [0.2, 0.25) is 0 Å². The van der Waals surface area contributed by atoms with Gasteiger partial charge in [-0.15, -0.1) is 0 Å². The lowest BCUT2D eigenvalue weighted by atomic mass is 10.0. The summed E-state index contributed by atoms with van der Waals surface area (Å²) in [5, 5.41) is 0. The van der Waals surface area contributed by atoms with E-state index >= 15 is 0 Å². The topological polar surface area (TPSA) is 0 Å². The minimum atomic E-state index is 0. The van der Waals surface area contributed by atoms with E-state index in [1.807, 2.05) is 0 Å². The molecule has 0 saturated heterocycles. The molecule has 0 saturated carbocycles. The van der Waals surface area contributed by atoms with Gasteiger partial charge in [0, 0.05) is 0 Å². The Morgan fingerprint density at radius 3 is 0.458 bits per heavy atom. The monoisotopic (exact) mass is 723 g/mol. The Morgan fingerprint density at radius 2 is 0.333 bits per heavy atom. The number of nitrogens with zero attached hydrogens (tertiary/aromatic N) is 2. The molecule has 0 spiro atoms. The predicted octanol–water partition coefficient (Wildman–Crippen LogP) is 8.70. The average molecular weight is 724 g/mol. The molecule has 0 bridgehead atoms. The van der Waals surface area contributed by atoms with Crippen molar-refractivity contribution in [2.75, 3.05) is 55.4 Å². The lowest BCUT2D eigenvalue weighted by Crippen LogP contribution is -3.00. The lowest BCUT2D eigenvalue weighted by molar-refractivity contribution is -0.870. The summed E-state index contributed by atoms with van der Waals surface area (Å²) < 4.78 is 2.25. The number of unbranched alkanes of at least 4 members (excludes halogenated alkanes) is 32. The molecular weight excluding hydrogens is 627 g/mol. The first kappa shape index (κ1) is 55.3. The van der Waals surface area contributed by atoms with Gasteiger partial charge in [0.05, 0.1) is 55.4 Å². The van der Waals surface area contributed by atoms with Crippen LogP contribution >= 0.6 is 0 Å². The summed E-state index contributed by atoms with van der Waals surface area (Å²) in [6.45, 7) is 7.26. The van der Waals surface area contributed by atoms with Crippen LogP contribution in [0.15, 0.2) is 0 Å². The number of hydrogen-bond acceptors (Lipinski definition) is 0. The number of halogens is 2. The number of quaternary nitrogens is 2. The van der Waals surface area contributed by atoms with Crippen LogP contribution in [0, 0.1) is 0 Å². The fourth-order valence-electron chi connectivity index (χ4n) is 6.62. The third-order valence-electron chi connectivity index (χ3n) is 9.86. The molecule has 0 fully saturated rings.